The predicted molar refractivity (Wildman–Crippen MR) is 94.1 cm³/mol. The number of ether oxygens (including phenoxy) is 2. The highest BCUT2D eigenvalue weighted by molar-refractivity contribution is 5.85. The normalized spacial score (nSPS) is 22.9. The van der Waals surface area contributed by atoms with E-state index in [-0.39, 0.29) is 11.9 Å². The number of methoxy groups -OCH3 is 1. The predicted octanol–water partition coefficient (Wildman–Crippen LogP) is 3.50. The number of carbonyl (C=O) groups is 1. The van der Waals surface area contributed by atoms with Crippen molar-refractivity contribution in [1.29, 1.82) is 0 Å². The lowest BCUT2D eigenvalue weighted by Crippen LogP contribution is -2.52. The summed E-state index contributed by atoms with van der Waals surface area (Å²) in [7, 11) is 1.64. The minimum absolute atomic E-state index is 0.0149. The van der Waals surface area contributed by atoms with E-state index in [1.807, 2.05) is 0 Å². The lowest BCUT2D eigenvalue weighted by molar-refractivity contribution is -0.156. The van der Waals surface area contributed by atoms with Crippen molar-refractivity contribution in [2.75, 3.05) is 20.3 Å². The minimum Gasteiger partial charge on any atom is -0.381 e. The topological polar surface area (TPSA) is 47.6 Å². The van der Waals surface area contributed by atoms with E-state index in [2.05, 4.69) is 37.4 Å². The maximum atomic E-state index is 13.0. The summed E-state index contributed by atoms with van der Waals surface area (Å²) in [4.78, 5) is 13.0. The fourth-order valence-electron chi connectivity index (χ4n) is 3.84. The van der Waals surface area contributed by atoms with Gasteiger partial charge in [-0.3, -0.25) is 4.79 Å². The van der Waals surface area contributed by atoms with Gasteiger partial charge in [0.2, 0.25) is 0 Å². The van der Waals surface area contributed by atoms with Gasteiger partial charge in [-0.1, -0.05) is 32.0 Å². The summed E-state index contributed by atoms with van der Waals surface area (Å²) in [6.07, 6.45) is 4.46. The zero-order chi connectivity index (χ0) is 17.2. The molecule has 1 heterocycles. The van der Waals surface area contributed by atoms with Crippen LogP contribution in [0, 0.1) is 0 Å². The molecule has 0 aromatic heterocycles. The Hall–Kier alpha value is -1.39. The summed E-state index contributed by atoms with van der Waals surface area (Å²) < 4.78 is 11.0. The van der Waals surface area contributed by atoms with Crippen molar-refractivity contribution in [2.45, 2.75) is 63.5 Å². The van der Waals surface area contributed by atoms with E-state index < -0.39 is 5.60 Å². The van der Waals surface area contributed by atoms with Crippen LogP contribution in [0.5, 0.6) is 0 Å². The minimum atomic E-state index is -0.731. The van der Waals surface area contributed by atoms with Gasteiger partial charge in [-0.25, -0.2) is 0 Å². The average molecular weight is 331 g/mol. The fourth-order valence-corrected chi connectivity index (χ4v) is 3.84. The molecule has 4 nitrogen and oxygen atoms in total. The largest absolute Gasteiger partial charge is 0.381 e. The molecule has 1 aromatic carbocycles. The van der Waals surface area contributed by atoms with Gasteiger partial charge in [-0.15, -0.1) is 0 Å². The van der Waals surface area contributed by atoms with Gasteiger partial charge >= 0.3 is 0 Å². The highest BCUT2D eigenvalue weighted by Gasteiger charge is 2.41. The monoisotopic (exact) mass is 331 g/mol. The number of fused-ring (bicyclic) bond motifs is 1. The maximum absolute atomic E-state index is 13.0. The molecule has 1 saturated heterocycles. The standard InChI is InChI=1S/C20H29NO3/c1-14(2)16-8-7-15-5-4-6-18(17(15)13-16)21-19(22)20(23-3)9-11-24-12-10-20/h7-8,13-14,18H,4-6,9-12H2,1-3H3,(H,21,22)/t18-/m1/s1. The van der Waals surface area contributed by atoms with E-state index in [9.17, 15) is 4.79 Å². The molecule has 0 saturated carbocycles. The third-order valence-electron chi connectivity index (χ3n) is 5.56. The number of hydrogen-bond acceptors (Lipinski definition) is 3. The van der Waals surface area contributed by atoms with Crippen LogP contribution in [0.1, 0.15) is 68.2 Å². The Morgan fingerprint density at radius 2 is 2.08 bits per heavy atom. The summed E-state index contributed by atoms with van der Waals surface area (Å²) >= 11 is 0. The molecule has 1 aliphatic carbocycles. The summed E-state index contributed by atoms with van der Waals surface area (Å²) in [6.45, 7) is 5.58. The van der Waals surface area contributed by atoms with Crippen LogP contribution in [0.2, 0.25) is 0 Å². The Kier molecular flexibility index (Phi) is 5.26. The molecule has 4 heteroatoms. The zero-order valence-electron chi connectivity index (χ0n) is 15.1. The molecule has 3 rings (SSSR count). The molecule has 132 valence electrons. The molecule has 1 aliphatic heterocycles. The van der Waals surface area contributed by atoms with Gasteiger partial charge < -0.3 is 14.8 Å². The van der Waals surface area contributed by atoms with Crippen molar-refractivity contribution in [2.24, 2.45) is 0 Å². The van der Waals surface area contributed by atoms with Crippen molar-refractivity contribution < 1.29 is 14.3 Å². The highest BCUT2D eigenvalue weighted by atomic mass is 16.5. The average Bonchev–Trinajstić information content (AvgIpc) is 2.62. The van der Waals surface area contributed by atoms with Crippen LogP contribution in [0.15, 0.2) is 18.2 Å². The van der Waals surface area contributed by atoms with E-state index >= 15 is 0 Å². The van der Waals surface area contributed by atoms with Crippen molar-refractivity contribution in [3.8, 4) is 0 Å². The van der Waals surface area contributed by atoms with E-state index in [1.165, 1.54) is 16.7 Å². The van der Waals surface area contributed by atoms with Gasteiger partial charge in [-0.05, 0) is 41.9 Å². The molecular weight excluding hydrogens is 302 g/mol. The molecule has 24 heavy (non-hydrogen) atoms. The van der Waals surface area contributed by atoms with Gasteiger partial charge in [0, 0.05) is 33.2 Å². The first-order valence-corrected chi connectivity index (χ1v) is 9.12. The third-order valence-corrected chi connectivity index (χ3v) is 5.56. The van der Waals surface area contributed by atoms with Crippen molar-refractivity contribution >= 4 is 5.91 Å². The maximum Gasteiger partial charge on any atom is 0.252 e. The number of carbonyl (C=O) groups excluding carboxylic acids is 1. The van der Waals surface area contributed by atoms with Gasteiger partial charge in [0.15, 0.2) is 5.60 Å². The molecule has 0 unspecified atom stereocenters. The summed E-state index contributed by atoms with van der Waals surface area (Å²) in [5, 5.41) is 3.28. The van der Waals surface area contributed by atoms with Gasteiger partial charge in [0.25, 0.3) is 5.91 Å². The summed E-state index contributed by atoms with van der Waals surface area (Å²) in [5.41, 5.74) is 3.27. The van der Waals surface area contributed by atoms with Crippen molar-refractivity contribution in [1.82, 2.24) is 5.32 Å². The number of benzene rings is 1. The van der Waals surface area contributed by atoms with Gasteiger partial charge in [-0.2, -0.15) is 0 Å². The second-order valence-electron chi connectivity index (χ2n) is 7.34. The van der Waals surface area contributed by atoms with Gasteiger partial charge in [0.05, 0.1) is 6.04 Å². The first-order chi connectivity index (χ1) is 11.6. The smallest absolute Gasteiger partial charge is 0.252 e. The summed E-state index contributed by atoms with van der Waals surface area (Å²) in [6, 6.07) is 6.84. The Morgan fingerprint density at radius 3 is 2.75 bits per heavy atom. The van der Waals surface area contributed by atoms with E-state index in [1.54, 1.807) is 7.11 Å². The van der Waals surface area contributed by atoms with E-state index in [0.717, 1.165) is 19.3 Å². The number of nitrogens with one attached hydrogen (secondary N) is 1. The quantitative estimate of drug-likeness (QED) is 0.918. The Morgan fingerprint density at radius 1 is 1.33 bits per heavy atom. The highest BCUT2D eigenvalue weighted by Crippen LogP contribution is 2.33. The van der Waals surface area contributed by atoms with Crippen LogP contribution in [0.3, 0.4) is 0 Å². The second-order valence-corrected chi connectivity index (χ2v) is 7.34. The molecule has 1 atom stereocenters. The Balaban J connectivity index is 1.81. The Labute approximate surface area is 144 Å². The van der Waals surface area contributed by atoms with Crippen LogP contribution >= 0.6 is 0 Å². The molecule has 1 aromatic rings. The van der Waals surface area contributed by atoms with E-state index in [4.69, 9.17) is 9.47 Å². The van der Waals surface area contributed by atoms with Crippen LogP contribution in [-0.4, -0.2) is 31.8 Å². The lowest BCUT2D eigenvalue weighted by atomic mass is 9.84. The molecule has 0 radical (unpaired) electrons. The lowest BCUT2D eigenvalue weighted by Gasteiger charge is -2.37. The zero-order valence-corrected chi connectivity index (χ0v) is 15.1. The van der Waals surface area contributed by atoms with Crippen LogP contribution < -0.4 is 5.32 Å². The SMILES string of the molecule is COC1(C(=O)N[C@@H]2CCCc3ccc(C(C)C)cc32)CCOCC1. The molecule has 2 aliphatic rings. The van der Waals surface area contributed by atoms with Crippen LogP contribution in [0.25, 0.3) is 0 Å². The molecule has 1 N–H and O–H groups in total. The number of amides is 1. The molecule has 0 spiro atoms. The van der Waals surface area contributed by atoms with Crippen LogP contribution in [0.4, 0.5) is 0 Å². The van der Waals surface area contributed by atoms with Crippen molar-refractivity contribution in [3.63, 3.8) is 0 Å². The van der Waals surface area contributed by atoms with Crippen LogP contribution in [-0.2, 0) is 20.7 Å². The number of hydrogen-bond donors (Lipinski definition) is 1. The molecule has 1 amide bonds. The van der Waals surface area contributed by atoms with E-state index in [0.29, 0.717) is 32.0 Å². The first kappa shape index (κ1) is 17.4. The molecule has 1 fully saturated rings. The first-order valence-electron chi connectivity index (χ1n) is 9.12. The third kappa shape index (κ3) is 3.35. The van der Waals surface area contributed by atoms with Crippen molar-refractivity contribution in [3.05, 3.63) is 34.9 Å². The number of aryl methyl sites for hydroxylation is 1. The second kappa shape index (κ2) is 7.24. The molecule has 0 bridgehead atoms. The fraction of sp³-hybridized carbons (Fsp3) is 0.650. The van der Waals surface area contributed by atoms with Gasteiger partial charge in [0.1, 0.15) is 0 Å². The Bertz CT molecular complexity index is 591. The summed E-state index contributed by atoms with van der Waals surface area (Å²) in [5.74, 6) is 0.510. The number of rotatable bonds is 4. The molecular formula is C20H29NO3.